The van der Waals surface area contributed by atoms with Gasteiger partial charge in [-0.25, -0.2) is 9.37 Å². The molecule has 0 saturated carbocycles. The number of carbonyl (C=O) groups excluding carboxylic acids is 1. The van der Waals surface area contributed by atoms with E-state index in [4.69, 9.17) is 0 Å². The van der Waals surface area contributed by atoms with Crippen LogP contribution in [0.1, 0.15) is 40.5 Å². The summed E-state index contributed by atoms with van der Waals surface area (Å²) in [5.74, 6) is 0.310. The first kappa shape index (κ1) is 14.7. The second-order valence-electron chi connectivity index (χ2n) is 5.81. The van der Waals surface area contributed by atoms with Crippen molar-refractivity contribution in [2.24, 2.45) is 7.05 Å². The summed E-state index contributed by atoms with van der Waals surface area (Å²) in [5, 5.41) is 4.06. The average Bonchev–Trinajstić information content (AvgIpc) is 2.93. The molecule has 1 fully saturated rings. The number of hydrogen-bond donors (Lipinski definition) is 0. The monoisotopic (exact) mass is 302 g/mol. The van der Waals surface area contributed by atoms with Crippen molar-refractivity contribution in [3.63, 3.8) is 0 Å². The molecule has 1 aliphatic rings. The van der Waals surface area contributed by atoms with Crippen molar-refractivity contribution in [3.8, 4) is 0 Å². The molecular formula is C16H19FN4O. The number of piperidine rings is 1. The number of benzene rings is 1. The van der Waals surface area contributed by atoms with Gasteiger partial charge in [-0.2, -0.15) is 0 Å². The van der Waals surface area contributed by atoms with E-state index >= 15 is 0 Å². The zero-order valence-electron chi connectivity index (χ0n) is 12.8. The SMILES string of the molecule is Cc1cc(F)ccc1C1CCN(C(=O)c2ncn(C)n2)CC1. The second kappa shape index (κ2) is 5.87. The number of aryl methyl sites for hydroxylation is 2. The maximum Gasteiger partial charge on any atom is 0.293 e. The molecule has 22 heavy (non-hydrogen) atoms. The van der Waals surface area contributed by atoms with Gasteiger partial charge in [-0.3, -0.25) is 9.48 Å². The van der Waals surface area contributed by atoms with E-state index in [0.29, 0.717) is 19.0 Å². The molecule has 0 spiro atoms. The van der Waals surface area contributed by atoms with Crippen LogP contribution >= 0.6 is 0 Å². The molecule has 0 unspecified atom stereocenters. The summed E-state index contributed by atoms with van der Waals surface area (Å²) >= 11 is 0. The predicted molar refractivity (Wildman–Crippen MR) is 80.0 cm³/mol. The lowest BCUT2D eigenvalue weighted by molar-refractivity contribution is 0.0700. The smallest absolute Gasteiger partial charge is 0.293 e. The Kier molecular flexibility index (Phi) is 3.92. The fourth-order valence-electron chi connectivity index (χ4n) is 3.07. The number of likely N-dealkylation sites (tertiary alicyclic amines) is 1. The molecule has 0 atom stereocenters. The van der Waals surface area contributed by atoms with E-state index in [1.165, 1.54) is 22.6 Å². The zero-order chi connectivity index (χ0) is 15.7. The molecule has 3 rings (SSSR count). The number of nitrogens with zero attached hydrogens (tertiary/aromatic N) is 4. The second-order valence-corrected chi connectivity index (χ2v) is 5.81. The van der Waals surface area contributed by atoms with E-state index in [-0.39, 0.29) is 17.5 Å². The van der Waals surface area contributed by atoms with Gasteiger partial charge in [0.1, 0.15) is 12.1 Å². The number of hydrogen-bond acceptors (Lipinski definition) is 3. The first-order chi connectivity index (χ1) is 10.5. The minimum absolute atomic E-state index is 0.116. The molecule has 1 saturated heterocycles. The molecule has 0 radical (unpaired) electrons. The van der Waals surface area contributed by atoms with Crippen LogP contribution in [-0.2, 0) is 7.05 Å². The average molecular weight is 302 g/mol. The van der Waals surface area contributed by atoms with Crippen LogP contribution in [0.3, 0.4) is 0 Å². The van der Waals surface area contributed by atoms with Gasteiger partial charge < -0.3 is 4.90 Å². The molecule has 0 bridgehead atoms. The van der Waals surface area contributed by atoms with Crippen LogP contribution in [0.2, 0.25) is 0 Å². The fraction of sp³-hybridized carbons (Fsp3) is 0.438. The van der Waals surface area contributed by atoms with Crippen LogP contribution in [0, 0.1) is 12.7 Å². The summed E-state index contributed by atoms with van der Waals surface area (Å²) in [6, 6.07) is 4.95. The Balaban J connectivity index is 1.66. The van der Waals surface area contributed by atoms with Gasteiger partial charge in [0.2, 0.25) is 5.82 Å². The van der Waals surface area contributed by atoms with Gasteiger partial charge in [0.15, 0.2) is 0 Å². The van der Waals surface area contributed by atoms with Crippen LogP contribution in [0.5, 0.6) is 0 Å². The van der Waals surface area contributed by atoms with Gasteiger partial charge in [-0.1, -0.05) is 6.07 Å². The Morgan fingerprint density at radius 3 is 2.64 bits per heavy atom. The summed E-state index contributed by atoms with van der Waals surface area (Å²) < 4.78 is 14.7. The maximum atomic E-state index is 13.2. The molecular weight excluding hydrogens is 283 g/mol. The van der Waals surface area contributed by atoms with E-state index in [0.717, 1.165) is 18.4 Å². The first-order valence-corrected chi connectivity index (χ1v) is 7.45. The van der Waals surface area contributed by atoms with Crippen molar-refractivity contribution < 1.29 is 9.18 Å². The largest absolute Gasteiger partial charge is 0.336 e. The van der Waals surface area contributed by atoms with E-state index in [1.54, 1.807) is 18.0 Å². The summed E-state index contributed by atoms with van der Waals surface area (Å²) in [6.45, 7) is 3.30. The van der Waals surface area contributed by atoms with Gasteiger partial charge in [0.25, 0.3) is 5.91 Å². The lowest BCUT2D eigenvalue weighted by atomic mass is 9.87. The highest BCUT2D eigenvalue weighted by molar-refractivity contribution is 5.90. The van der Waals surface area contributed by atoms with Crippen LogP contribution in [0.25, 0.3) is 0 Å². The highest BCUT2D eigenvalue weighted by atomic mass is 19.1. The molecule has 1 aromatic heterocycles. The lowest BCUT2D eigenvalue weighted by Crippen LogP contribution is -2.38. The van der Waals surface area contributed by atoms with Gasteiger partial charge in [-0.05, 0) is 48.9 Å². The molecule has 1 amide bonds. The number of amides is 1. The third kappa shape index (κ3) is 2.86. The summed E-state index contributed by atoms with van der Waals surface area (Å²) in [6.07, 6.45) is 3.29. The quantitative estimate of drug-likeness (QED) is 0.855. The van der Waals surface area contributed by atoms with Crippen molar-refractivity contribution in [3.05, 3.63) is 47.3 Å². The zero-order valence-corrected chi connectivity index (χ0v) is 12.8. The lowest BCUT2D eigenvalue weighted by Gasteiger charge is -2.32. The number of aromatic nitrogens is 3. The van der Waals surface area contributed by atoms with Crippen LogP contribution < -0.4 is 0 Å². The summed E-state index contributed by atoms with van der Waals surface area (Å²) in [7, 11) is 1.74. The fourth-order valence-corrected chi connectivity index (χ4v) is 3.07. The molecule has 1 aromatic carbocycles. The van der Waals surface area contributed by atoms with E-state index in [1.807, 2.05) is 13.0 Å². The van der Waals surface area contributed by atoms with Crippen LogP contribution in [-0.4, -0.2) is 38.7 Å². The Bertz CT molecular complexity index is 689. The molecule has 5 nitrogen and oxygen atoms in total. The molecule has 2 aromatic rings. The maximum absolute atomic E-state index is 13.2. The number of halogens is 1. The van der Waals surface area contributed by atoms with Crippen molar-refractivity contribution in [1.82, 2.24) is 19.7 Å². The minimum Gasteiger partial charge on any atom is -0.336 e. The summed E-state index contributed by atoms with van der Waals surface area (Å²) in [5.41, 5.74) is 2.17. The molecule has 2 heterocycles. The van der Waals surface area contributed by atoms with Gasteiger partial charge in [0, 0.05) is 20.1 Å². The van der Waals surface area contributed by atoms with Gasteiger partial charge in [-0.15, -0.1) is 5.10 Å². The third-order valence-electron chi connectivity index (χ3n) is 4.24. The normalized spacial score (nSPS) is 16.0. The van der Waals surface area contributed by atoms with E-state index in [9.17, 15) is 9.18 Å². The van der Waals surface area contributed by atoms with Crippen molar-refractivity contribution in [2.45, 2.75) is 25.7 Å². The first-order valence-electron chi connectivity index (χ1n) is 7.45. The topological polar surface area (TPSA) is 51.0 Å². The van der Waals surface area contributed by atoms with Crippen molar-refractivity contribution in [1.29, 1.82) is 0 Å². The highest BCUT2D eigenvalue weighted by Crippen LogP contribution is 2.30. The standard InChI is InChI=1S/C16H19FN4O/c1-11-9-13(17)3-4-14(11)12-5-7-21(8-6-12)16(22)15-18-10-20(2)19-15/h3-4,9-10,12H,5-8H2,1-2H3. The van der Waals surface area contributed by atoms with E-state index in [2.05, 4.69) is 10.1 Å². The van der Waals surface area contributed by atoms with Crippen LogP contribution in [0.4, 0.5) is 4.39 Å². The molecule has 1 aliphatic heterocycles. The molecule has 116 valence electrons. The Labute approximate surface area is 128 Å². The minimum atomic E-state index is -0.199. The van der Waals surface area contributed by atoms with Gasteiger partial charge in [0.05, 0.1) is 0 Å². The number of carbonyl (C=O) groups is 1. The highest BCUT2D eigenvalue weighted by Gasteiger charge is 2.27. The van der Waals surface area contributed by atoms with E-state index < -0.39 is 0 Å². The molecule has 0 aliphatic carbocycles. The molecule has 6 heteroatoms. The van der Waals surface area contributed by atoms with Crippen molar-refractivity contribution >= 4 is 5.91 Å². The van der Waals surface area contributed by atoms with Crippen LogP contribution in [0.15, 0.2) is 24.5 Å². The Morgan fingerprint density at radius 1 is 1.32 bits per heavy atom. The summed E-state index contributed by atoms with van der Waals surface area (Å²) in [4.78, 5) is 18.1. The Hall–Kier alpha value is -2.24. The third-order valence-corrected chi connectivity index (χ3v) is 4.24. The van der Waals surface area contributed by atoms with Crippen molar-refractivity contribution in [2.75, 3.05) is 13.1 Å². The Morgan fingerprint density at radius 2 is 2.05 bits per heavy atom. The van der Waals surface area contributed by atoms with Gasteiger partial charge >= 0.3 is 0 Å². The predicted octanol–water partition coefficient (Wildman–Crippen LogP) is 2.28. The molecule has 0 N–H and O–H groups in total. The number of rotatable bonds is 2.